The molecule has 1 heterocycles. The van der Waals surface area contributed by atoms with Gasteiger partial charge >= 0.3 is 0 Å². The Balaban J connectivity index is 1.73. The molecule has 6 nitrogen and oxygen atoms in total. The fraction of sp³-hybridized carbons (Fsp3) is 0.409. The number of carbonyl (C=O) groups excluding carboxylic acids is 1. The maximum absolute atomic E-state index is 12.7. The molecule has 1 saturated heterocycles. The van der Waals surface area contributed by atoms with E-state index >= 15 is 0 Å². The zero-order valence-electron chi connectivity index (χ0n) is 16.4. The quantitative estimate of drug-likeness (QED) is 0.732. The van der Waals surface area contributed by atoms with Crippen molar-refractivity contribution in [2.24, 2.45) is 0 Å². The van der Waals surface area contributed by atoms with Gasteiger partial charge in [0, 0.05) is 19.0 Å². The van der Waals surface area contributed by atoms with Gasteiger partial charge in [-0.3, -0.25) is 4.79 Å². The molecule has 1 aliphatic heterocycles. The number of morpholine rings is 1. The molecular weight excluding hydrogens is 356 g/mol. The minimum Gasteiger partial charge on any atom is -0.493 e. The van der Waals surface area contributed by atoms with Gasteiger partial charge in [-0.05, 0) is 29.7 Å². The summed E-state index contributed by atoms with van der Waals surface area (Å²) in [6.45, 7) is 2.05. The van der Waals surface area contributed by atoms with Crippen LogP contribution in [0, 0.1) is 0 Å². The second kappa shape index (κ2) is 10.1. The molecule has 2 unspecified atom stereocenters. The van der Waals surface area contributed by atoms with Gasteiger partial charge in [0.15, 0.2) is 11.5 Å². The van der Waals surface area contributed by atoms with E-state index in [-0.39, 0.29) is 18.0 Å². The second-order valence-electron chi connectivity index (χ2n) is 6.85. The summed E-state index contributed by atoms with van der Waals surface area (Å²) in [5, 5.41) is 6.51. The van der Waals surface area contributed by atoms with Gasteiger partial charge < -0.3 is 24.8 Å². The number of rotatable bonds is 8. The summed E-state index contributed by atoms with van der Waals surface area (Å²) in [4.78, 5) is 12.7. The zero-order chi connectivity index (χ0) is 19.8. The summed E-state index contributed by atoms with van der Waals surface area (Å²) >= 11 is 0. The van der Waals surface area contributed by atoms with E-state index in [1.807, 2.05) is 48.5 Å². The Kier molecular flexibility index (Phi) is 7.28. The van der Waals surface area contributed by atoms with Crippen molar-refractivity contribution in [3.05, 3.63) is 59.7 Å². The highest BCUT2D eigenvalue weighted by Crippen LogP contribution is 2.29. The number of carbonyl (C=O) groups is 1. The molecule has 0 saturated carbocycles. The Bertz CT molecular complexity index is 760. The Morgan fingerprint density at radius 2 is 1.96 bits per heavy atom. The summed E-state index contributed by atoms with van der Waals surface area (Å²) in [5.74, 6) is 1.38. The lowest BCUT2D eigenvalue weighted by molar-refractivity contribution is -0.123. The standard InChI is InChI=1S/C22H28N2O4/c1-26-20-9-8-16(13-21(20)27-2)12-19(17-6-4-3-5-7-17)24-22(25)14-18-15-28-11-10-23-18/h3-9,13,18-19,23H,10-12,14-15H2,1-2H3,(H,24,25). The van der Waals surface area contributed by atoms with Gasteiger partial charge in [-0.1, -0.05) is 36.4 Å². The first-order valence-corrected chi connectivity index (χ1v) is 9.56. The predicted octanol–water partition coefficient (Wildman–Crippen LogP) is 2.48. The van der Waals surface area contributed by atoms with Gasteiger partial charge in [0.2, 0.25) is 5.91 Å². The topological polar surface area (TPSA) is 68.8 Å². The van der Waals surface area contributed by atoms with Gasteiger partial charge in [-0.15, -0.1) is 0 Å². The molecule has 28 heavy (non-hydrogen) atoms. The van der Waals surface area contributed by atoms with Gasteiger partial charge in [-0.2, -0.15) is 0 Å². The van der Waals surface area contributed by atoms with Gasteiger partial charge in [0.25, 0.3) is 0 Å². The molecular formula is C22H28N2O4. The normalized spacial score (nSPS) is 17.6. The van der Waals surface area contributed by atoms with E-state index in [1.165, 1.54) is 0 Å². The number of hydrogen-bond acceptors (Lipinski definition) is 5. The number of methoxy groups -OCH3 is 2. The maximum Gasteiger partial charge on any atom is 0.222 e. The first kappa shape index (κ1) is 20.2. The first-order chi connectivity index (χ1) is 13.7. The molecule has 2 aromatic carbocycles. The predicted molar refractivity (Wildman–Crippen MR) is 108 cm³/mol. The van der Waals surface area contributed by atoms with Crippen LogP contribution in [-0.4, -0.2) is 45.9 Å². The molecule has 1 fully saturated rings. The van der Waals surface area contributed by atoms with Crippen molar-refractivity contribution < 1.29 is 19.0 Å². The Morgan fingerprint density at radius 3 is 2.64 bits per heavy atom. The van der Waals surface area contributed by atoms with Crippen LogP contribution in [0.3, 0.4) is 0 Å². The summed E-state index contributed by atoms with van der Waals surface area (Å²) in [5.41, 5.74) is 2.13. The van der Waals surface area contributed by atoms with Crippen molar-refractivity contribution in [3.63, 3.8) is 0 Å². The monoisotopic (exact) mass is 384 g/mol. The molecule has 150 valence electrons. The minimum absolute atomic E-state index is 0.0114. The van der Waals surface area contributed by atoms with Gasteiger partial charge in [-0.25, -0.2) is 0 Å². The van der Waals surface area contributed by atoms with Gasteiger partial charge in [0.05, 0.1) is 33.5 Å². The Morgan fingerprint density at radius 1 is 1.18 bits per heavy atom. The van der Waals surface area contributed by atoms with Crippen molar-refractivity contribution in [2.45, 2.75) is 24.9 Å². The van der Waals surface area contributed by atoms with Crippen molar-refractivity contribution >= 4 is 5.91 Å². The molecule has 0 bridgehead atoms. The molecule has 0 aromatic heterocycles. The van der Waals surface area contributed by atoms with E-state index in [0.717, 1.165) is 17.7 Å². The molecule has 0 spiro atoms. The summed E-state index contributed by atoms with van der Waals surface area (Å²) in [7, 11) is 3.24. The average molecular weight is 384 g/mol. The lowest BCUT2D eigenvalue weighted by Crippen LogP contribution is -2.44. The third kappa shape index (κ3) is 5.47. The lowest BCUT2D eigenvalue weighted by Gasteiger charge is -2.25. The maximum atomic E-state index is 12.7. The van der Waals surface area contributed by atoms with Crippen LogP contribution in [-0.2, 0) is 16.0 Å². The number of amides is 1. The second-order valence-corrected chi connectivity index (χ2v) is 6.85. The van der Waals surface area contributed by atoms with Crippen LogP contribution in [0.5, 0.6) is 11.5 Å². The highest BCUT2D eigenvalue weighted by atomic mass is 16.5. The molecule has 0 aliphatic carbocycles. The van der Waals surface area contributed by atoms with Crippen molar-refractivity contribution in [1.82, 2.24) is 10.6 Å². The van der Waals surface area contributed by atoms with E-state index in [2.05, 4.69) is 10.6 Å². The van der Waals surface area contributed by atoms with Crippen LogP contribution < -0.4 is 20.1 Å². The third-order valence-corrected chi connectivity index (χ3v) is 4.86. The molecule has 1 amide bonds. The van der Waals surface area contributed by atoms with E-state index in [4.69, 9.17) is 14.2 Å². The number of nitrogens with one attached hydrogen (secondary N) is 2. The Hall–Kier alpha value is -2.57. The third-order valence-electron chi connectivity index (χ3n) is 4.86. The van der Waals surface area contributed by atoms with Crippen LogP contribution in [0.4, 0.5) is 0 Å². The summed E-state index contributed by atoms with van der Waals surface area (Å²) in [6, 6.07) is 15.8. The molecule has 6 heteroatoms. The van der Waals surface area contributed by atoms with Crippen LogP contribution in [0.25, 0.3) is 0 Å². The number of hydrogen-bond donors (Lipinski definition) is 2. The highest BCUT2D eigenvalue weighted by molar-refractivity contribution is 5.77. The number of ether oxygens (including phenoxy) is 3. The van der Waals surface area contributed by atoms with Gasteiger partial charge in [0.1, 0.15) is 0 Å². The highest BCUT2D eigenvalue weighted by Gasteiger charge is 2.21. The van der Waals surface area contributed by atoms with Crippen molar-refractivity contribution in [2.75, 3.05) is 34.0 Å². The van der Waals surface area contributed by atoms with Crippen LogP contribution >= 0.6 is 0 Å². The van der Waals surface area contributed by atoms with E-state index in [0.29, 0.717) is 37.6 Å². The molecule has 1 aliphatic rings. The molecule has 2 N–H and O–H groups in total. The molecule has 2 aromatic rings. The van der Waals surface area contributed by atoms with E-state index in [9.17, 15) is 4.79 Å². The SMILES string of the molecule is COc1ccc(CC(NC(=O)CC2COCCN2)c2ccccc2)cc1OC. The smallest absolute Gasteiger partial charge is 0.222 e. The fourth-order valence-corrected chi connectivity index (χ4v) is 3.41. The summed E-state index contributed by atoms with van der Waals surface area (Å²) < 4.78 is 16.2. The minimum atomic E-state index is -0.128. The van der Waals surface area contributed by atoms with E-state index in [1.54, 1.807) is 14.2 Å². The Labute approximate surface area is 166 Å². The van der Waals surface area contributed by atoms with Crippen molar-refractivity contribution in [1.29, 1.82) is 0 Å². The van der Waals surface area contributed by atoms with Crippen LogP contribution in [0.2, 0.25) is 0 Å². The molecule has 0 radical (unpaired) electrons. The largest absolute Gasteiger partial charge is 0.493 e. The zero-order valence-corrected chi connectivity index (χ0v) is 16.4. The molecule has 3 rings (SSSR count). The lowest BCUT2D eigenvalue weighted by atomic mass is 9.98. The average Bonchev–Trinajstić information content (AvgIpc) is 2.74. The molecule has 2 atom stereocenters. The van der Waals surface area contributed by atoms with Crippen LogP contribution in [0.1, 0.15) is 23.6 Å². The van der Waals surface area contributed by atoms with Crippen molar-refractivity contribution in [3.8, 4) is 11.5 Å². The first-order valence-electron chi connectivity index (χ1n) is 9.56. The van der Waals surface area contributed by atoms with E-state index < -0.39 is 0 Å². The fourth-order valence-electron chi connectivity index (χ4n) is 3.41. The summed E-state index contributed by atoms with van der Waals surface area (Å²) in [6.07, 6.45) is 1.06. The number of benzene rings is 2. The van der Waals surface area contributed by atoms with Crippen LogP contribution in [0.15, 0.2) is 48.5 Å².